The lowest BCUT2D eigenvalue weighted by molar-refractivity contribution is -0.166. The summed E-state index contributed by atoms with van der Waals surface area (Å²) < 4.78 is 15.9. The average Bonchev–Trinajstić information content (AvgIpc) is 2.91. The molecule has 6 heteroatoms. The number of hydrogen-bond donors (Lipinski definition) is 0. The number of rotatable bonds is 27. The molecule has 0 aliphatic heterocycles. The molecule has 6 nitrogen and oxygen atoms in total. The third-order valence-corrected chi connectivity index (χ3v) is 6.57. The molecule has 0 aliphatic rings. The minimum atomic E-state index is -0.758. The Kier molecular flexibility index (Phi) is 26.8. The van der Waals surface area contributed by atoms with Crippen molar-refractivity contribution in [3.05, 3.63) is 12.2 Å². The molecule has 0 aromatic carbocycles. The summed E-state index contributed by atoms with van der Waals surface area (Å²) in [6.07, 6.45) is 25.7. The number of ether oxygens (including phenoxy) is 3. The van der Waals surface area contributed by atoms with Gasteiger partial charge < -0.3 is 14.2 Å². The monoisotopic (exact) mass is 538 g/mol. The molecule has 222 valence electrons. The van der Waals surface area contributed by atoms with Gasteiger partial charge in [0.1, 0.15) is 13.2 Å². The van der Waals surface area contributed by atoms with Crippen molar-refractivity contribution in [1.82, 2.24) is 0 Å². The van der Waals surface area contributed by atoms with E-state index < -0.39 is 6.10 Å². The Labute approximate surface area is 233 Å². The molecule has 0 N–H and O–H groups in total. The van der Waals surface area contributed by atoms with Crippen LogP contribution in [0.3, 0.4) is 0 Å². The molecule has 0 fully saturated rings. The lowest BCUT2D eigenvalue weighted by atomic mass is 10.1. The van der Waals surface area contributed by atoms with Gasteiger partial charge in [0.05, 0.1) is 0 Å². The lowest BCUT2D eigenvalue weighted by Crippen LogP contribution is -2.30. The Morgan fingerprint density at radius 3 is 1.45 bits per heavy atom. The van der Waals surface area contributed by atoms with Crippen molar-refractivity contribution < 1.29 is 28.6 Å². The van der Waals surface area contributed by atoms with Gasteiger partial charge in [-0.3, -0.25) is 14.4 Å². The van der Waals surface area contributed by atoms with Crippen LogP contribution in [0, 0.1) is 0 Å². The molecular formula is C32H58O6. The van der Waals surface area contributed by atoms with Crippen molar-refractivity contribution in [2.45, 2.75) is 162 Å². The van der Waals surface area contributed by atoms with Crippen LogP contribution in [-0.2, 0) is 28.6 Å². The highest BCUT2D eigenvalue weighted by Crippen LogP contribution is 2.11. The van der Waals surface area contributed by atoms with E-state index in [0.29, 0.717) is 12.8 Å². The number of esters is 3. The van der Waals surface area contributed by atoms with Crippen LogP contribution < -0.4 is 0 Å². The third-order valence-electron chi connectivity index (χ3n) is 6.57. The minimum Gasteiger partial charge on any atom is -0.462 e. The van der Waals surface area contributed by atoms with Crippen molar-refractivity contribution in [3.63, 3.8) is 0 Å². The Morgan fingerprint density at radius 2 is 0.947 bits per heavy atom. The second-order valence-electron chi connectivity index (χ2n) is 10.3. The van der Waals surface area contributed by atoms with E-state index in [-0.39, 0.29) is 37.5 Å². The molecule has 38 heavy (non-hydrogen) atoms. The quantitative estimate of drug-likeness (QED) is 0.0450. The summed E-state index contributed by atoms with van der Waals surface area (Å²) in [4.78, 5) is 35.8. The van der Waals surface area contributed by atoms with Gasteiger partial charge in [-0.2, -0.15) is 0 Å². The Hall–Kier alpha value is -1.85. The van der Waals surface area contributed by atoms with Gasteiger partial charge in [0, 0.05) is 19.3 Å². The fraction of sp³-hybridized carbons (Fsp3) is 0.844. The molecule has 1 unspecified atom stereocenters. The number of carbonyl (C=O) groups excluding carboxylic acids is 3. The number of hydrogen-bond acceptors (Lipinski definition) is 6. The van der Waals surface area contributed by atoms with E-state index in [1.165, 1.54) is 57.8 Å². The molecule has 0 heterocycles. The SMILES string of the molecule is CCCCCCCC/C=C\CCCCCCCC(=O)OCC(COC(=O)CC)OC(=O)CCCCCCC. The van der Waals surface area contributed by atoms with Gasteiger partial charge in [0.25, 0.3) is 0 Å². The first kappa shape index (κ1) is 36.1. The molecule has 0 saturated heterocycles. The maximum atomic E-state index is 12.2. The van der Waals surface area contributed by atoms with Gasteiger partial charge in [-0.05, 0) is 38.5 Å². The standard InChI is InChI=1S/C32H58O6/c1-4-7-9-11-12-13-14-15-16-17-18-19-20-22-23-25-31(34)37-28-29(27-36-30(33)6-3)38-32(35)26-24-21-10-8-5-2/h15-16,29H,4-14,17-28H2,1-3H3/b16-15-. The van der Waals surface area contributed by atoms with Crippen LogP contribution in [0.25, 0.3) is 0 Å². The van der Waals surface area contributed by atoms with Gasteiger partial charge in [-0.1, -0.05) is 110 Å². The number of allylic oxidation sites excluding steroid dienone is 2. The largest absolute Gasteiger partial charge is 0.462 e. The number of carbonyl (C=O) groups is 3. The zero-order valence-corrected chi connectivity index (χ0v) is 24.9. The van der Waals surface area contributed by atoms with Crippen molar-refractivity contribution in [2.75, 3.05) is 13.2 Å². The zero-order valence-electron chi connectivity index (χ0n) is 24.9. The van der Waals surface area contributed by atoms with Crippen LogP contribution in [0.4, 0.5) is 0 Å². The molecule has 1 atom stereocenters. The highest BCUT2D eigenvalue weighted by molar-refractivity contribution is 5.71. The van der Waals surface area contributed by atoms with Gasteiger partial charge >= 0.3 is 17.9 Å². The summed E-state index contributed by atoms with van der Waals surface area (Å²) in [6.45, 7) is 5.93. The van der Waals surface area contributed by atoms with Crippen molar-refractivity contribution in [2.24, 2.45) is 0 Å². The van der Waals surface area contributed by atoms with E-state index in [1.807, 2.05) is 0 Å². The summed E-state index contributed by atoms with van der Waals surface area (Å²) in [5.74, 6) is -1.01. The number of unbranched alkanes of at least 4 members (excludes halogenated alkanes) is 15. The molecule has 0 saturated carbocycles. The fourth-order valence-corrected chi connectivity index (χ4v) is 4.12. The van der Waals surface area contributed by atoms with Crippen LogP contribution in [-0.4, -0.2) is 37.2 Å². The molecule has 0 rings (SSSR count). The van der Waals surface area contributed by atoms with E-state index in [2.05, 4.69) is 26.0 Å². The van der Waals surface area contributed by atoms with Crippen LogP contribution in [0.5, 0.6) is 0 Å². The highest BCUT2D eigenvalue weighted by Gasteiger charge is 2.19. The maximum Gasteiger partial charge on any atom is 0.306 e. The lowest BCUT2D eigenvalue weighted by Gasteiger charge is -2.18. The fourth-order valence-electron chi connectivity index (χ4n) is 4.12. The van der Waals surface area contributed by atoms with Gasteiger partial charge in [0.2, 0.25) is 0 Å². The predicted molar refractivity (Wildman–Crippen MR) is 155 cm³/mol. The molecule has 0 aromatic heterocycles. The van der Waals surface area contributed by atoms with Crippen LogP contribution in [0.1, 0.15) is 156 Å². The van der Waals surface area contributed by atoms with Crippen molar-refractivity contribution in [1.29, 1.82) is 0 Å². The normalized spacial score (nSPS) is 12.0. The molecule has 0 aromatic rings. The summed E-state index contributed by atoms with van der Waals surface area (Å²) in [7, 11) is 0. The van der Waals surface area contributed by atoms with Crippen LogP contribution in [0.2, 0.25) is 0 Å². The Morgan fingerprint density at radius 1 is 0.526 bits per heavy atom. The van der Waals surface area contributed by atoms with E-state index in [0.717, 1.165) is 57.8 Å². The summed E-state index contributed by atoms with van der Waals surface area (Å²) in [6, 6.07) is 0. The molecule has 0 spiro atoms. The van der Waals surface area contributed by atoms with Gasteiger partial charge in [-0.25, -0.2) is 0 Å². The van der Waals surface area contributed by atoms with Crippen LogP contribution >= 0.6 is 0 Å². The van der Waals surface area contributed by atoms with Crippen molar-refractivity contribution >= 4 is 17.9 Å². The molecule has 0 aliphatic carbocycles. The highest BCUT2D eigenvalue weighted by atomic mass is 16.6. The summed E-state index contributed by atoms with van der Waals surface area (Å²) in [5, 5.41) is 0. The first-order valence-electron chi connectivity index (χ1n) is 15.7. The minimum absolute atomic E-state index is 0.0809. The van der Waals surface area contributed by atoms with E-state index in [9.17, 15) is 14.4 Å². The smallest absolute Gasteiger partial charge is 0.306 e. The maximum absolute atomic E-state index is 12.2. The van der Waals surface area contributed by atoms with Crippen molar-refractivity contribution in [3.8, 4) is 0 Å². The zero-order chi connectivity index (χ0) is 28.1. The van der Waals surface area contributed by atoms with Gasteiger partial charge in [0.15, 0.2) is 6.10 Å². The Balaban J connectivity index is 3.93. The second-order valence-corrected chi connectivity index (χ2v) is 10.3. The first-order valence-corrected chi connectivity index (χ1v) is 15.7. The van der Waals surface area contributed by atoms with Gasteiger partial charge in [-0.15, -0.1) is 0 Å². The first-order chi connectivity index (χ1) is 18.5. The summed E-state index contributed by atoms with van der Waals surface area (Å²) >= 11 is 0. The van der Waals surface area contributed by atoms with Crippen LogP contribution in [0.15, 0.2) is 12.2 Å². The molecular weight excluding hydrogens is 480 g/mol. The van der Waals surface area contributed by atoms with E-state index in [1.54, 1.807) is 6.92 Å². The molecule has 0 amide bonds. The molecule has 0 radical (unpaired) electrons. The Bertz CT molecular complexity index is 601. The second kappa shape index (κ2) is 28.2. The third kappa shape index (κ3) is 25.8. The summed E-state index contributed by atoms with van der Waals surface area (Å²) in [5.41, 5.74) is 0. The average molecular weight is 539 g/mol. The molecule has 0 bridgehead atoms. The topological polar surface area (TPSA) is 78.9 Å². The van der Waals surface area contributed by atoms with E-state index in [4.69, 9.17) is 14.2 Å². The predicted octanol–water partition coefficient (Wildman–Crippen LogP) is 8.79. The van der Waals surface area contributed by atoms with E-state index >= 15 is 0 Å².